The van der Waals surface area contributed by atoms with E-state index in [-0.39, 0.29) is 16.5 Å². The van der Waals surface area contributed by atoms with Crippen molar-refractivity contribution in [1.29, 1.82) is 5.26 Å². The van der Waals surface area contributed by atoms with E-state index < -0.39 is 49.6 Å². The van der Waals surface area contributed by atoms with Crippen molar-refractivity contribution in [3.63, 3.8) is 0 Å². The summed E-state index contributed by atoms with van der Waals surface area (Å²) >= 11 is 17.3. The Labute approximate surface area is 190 Å². The first-order valence-corrected chi connectivity index (χ1v) is 10.6. The van der Waals surface area contributed by atoms with Crippen LogP contribution in [0.2, 0.25) is 10.0 Å². The Morgan fingerprint density at radius 3 is 2.10 bits per heavy atom. The van der Waals surface area contributed by atoms with Crippen LogP contribution in [-0.2, 0) is 6.18 Å². The molecule has 162 valence electrons. The summed E-state index contributed by atoms with van der Waals surface area (Å²) in [6.45, 7) is 1.41. The predicted molar refractivity (Wildman–Crippen MR) is 109 cm³/mol. The molecule has 0 N–H and O–H groups in total. The van der Waals surface area contributed by atoms with E-state index >= 15 is 0 Å². The normalized spacial score (nSPS) is 12.0. The van der Waals surface area contributed by atoms with Crippen LogP contribution in [0.15, 0.2) is 17.0 Å². The molecular weight excluding hydrogens is 517 g/mol. The van der Waals surface area contributed by atoms with Crippen molar-refractivity contribution in [1.82, 2.24) is 9.78 Å². The molecule has 0 amide bonds. The number of alkyl halides is 6. The van der Waals surface area contributed by atoms with E-state index in [0.29, 0.717) is 12.1 Å². The first-order chi connectivity index (χ1) is 13.7. The fourth-order valence-corrected chi connectivity index (χ4v) is 4.60. The Hall–Kier alpha value is -1.33. The van der Waals surface area contributed by atoms with Gasteiger partial charge in [-0.25, -0.2) is 4.68 Å². The van der Waals surface area contributed by atoms with Crippen molar-refractivity contribution in [2.24, 2.45) is 0 Å². The smallest absolute Gasteiger partial charge is 0.261 e. The van der Waals surface area contributed by atoms with Crippen molar-refractivity contribution in [2.45, 2.75) is 23.5 Å². The molecule has 1 heterocycles. The van der Waals surface area contributed by atoms with Crippen LogP contribution in [0.4, 0.5) is 32.2 Å². The molecule has 0 atom stereocenters. The Kier molecular flexibility index (Phi) is 7.51. The standard InChI is InChI=1S/C15H8Cl2F6N4S3/c1-6(28)27(29-2)13-12(30-15(21,22)23)10(5-24)25-26(13)11-8(16)3-7(4-9(11)17)14(18,19)20/h3-4H,1-2H3. The lowest BCUT2D eigenvalue weighted by atomic mass is 10.2. The number of benzene rings is 1. The van der Waals surface area contributed by atoms with E-state index in [1.165, 1.54) is 13.2 Å². The summed E-state index contributed by atoms with van der Waals surface area (Å²) in [5.41, 5.74) is -6.91. The number of anilines is 1. The van der Waals surface area contributed by atoms with E-state index in [2.05, 4.69) is 5.10 Å². The predicted octanol–water partition coefficient (Wildman–Crippen LogP) is 7.11. The van der Waals surface area contributed by atoms with Crippen LogP contribution in [0.1, 0.15) is 18.2 Å². The van der Waals surface area contributed by atoms with E-state index in [0.717, 1.165) is 20.9 Å². The summed E-state index contributed by atoms with van der Waals surface area (Å²) in [5, 5.41) is 12.1. The van der Waals surface area contributed by atoms with Crippen LogP contribution in [0, 0.1) is 11.3 Å². The van der Waals surface area contributed by atoms with Crippen molar-refractivity contribution in [2.75, 3.05) is 10.6 Å². The molecule has 0 unspecified atom stereocenters. The number of thioether (sulfide) groups is 1. The average molecular weight is 525 g/mol. The second-order valence-electron chi connectivity index (χ2n) is 5.35. The molecule has 0 aliphatic carbocycles. The number of aromatic nitrogens is 2. The van der Waals surface area contributed by atoms with Gasteiger partial charge in [-0.2, -0.15) is 36.7 Å². The summed E-state index contributed by atoms with van der Waals surface area (Å²) in [5.74, 6) is -0.322. The lowest BCUT2D eigenvalue weighted by Gasteiger charge is -2.23. The van der Waals surface area contributed by atoms with Gasteiger partial charge in [0.1, 0.15) is 11.8 Å². The zero-order chi connectivity index (χ0) is 23.0. The highest BCUT2D eigenvalue weighted by Gasteiger charge is 2.38. The Morgan fingerprint density at radius 1 is 1.20 bits per heavy atom. The molecule has 1 aromatic carbocycles. The highest BCUT2D eigenvalue weighted by Crippen LogP contribution is 2.47. The molecular formula is C15H8Cl2F6N4S3. The van der Waals surface area contributed by atoms with Gasteiger partial charge in [0.15, 0.2) is 11.5 Å². The number of nitrogens with zero attached hydrogens (tertiary/aromatic N) is 4. The largest absolute Gasteiger partial charge is 0.446 e. The maximum Gasteiger partial charge on any atom is 0.446 e. The van der Waals surface area contributed by atoms with Crippen molar-refractivity contribution in [3.8, 4) is 11.8 Å². The Morgan fingerprint density at radius 2 is 1.73 bits per heavy atom. The van der Waals surface area contributed by atoms with E-state index in [4.69, 9.17) is 35.4 Å². The van der Waals surface area contributed by atoms with Crippen LogP contribution >= 0.6 is 59.1 Å². The van der Waals surface area contributed by atoms with Crippen LogP contribution in [0.3, 0.4) is 0 Å². The average Bonchev–Trinajstić information content (AvgIpc) is 2.90. The van der Waals surface area contributed by atoms with Crippen LogP contribution in [0.25, 0.3) is 5.69 Å². The van der Waals surface area contributed by atoms with Gasteiger partial charge in [0.2, 0.25) is 0 Å². The van der Waals surface area contributed by atoms with Crippen LogP contribution in [-0.4, -0.2) is 26.5 Å². The number of hydrogen-bond acceptors (Lipinski definition) is 5. The maximum atomic E-state index is 13.1. The SMILES string of the molecule is CSN(C(C)=S)c1c(SC(F)(F)F)c(C#N)nn1-c1c(Cl)cc(C(F)(F)F)cc1Cl. The lowest BCUT2D eigenvalue weighted by Crippen LogP contribution is -2.22. The molecule has 2 rings (SSSR count). The third-order valence-corrected chi connectivity index (χ3v) is 5.86. The van der Waals surface area contributed by atoms with Gasteiger partial charge in [-0.1, -0.05) is 35.4 Å². The summed E-state index contributed by atoms with van der Waals surface area (Å²) < 4.78 is 80.4. The van der Waals surface area contributed by atoms with Crippen molar-refractivity contribution < 1.29 is 26.3 Å². The van der Waals surface area contributed by atoms with Gasteiger partial charge in [0.25, 0.3) is 0 Å². The first kappa shape index (κ1) is 24.9. The monoisotopic (exact) mass is 524 g/mol. The van der Waals surface area contributed by atoms with Crippen molar-refractivity contribution >= 4 is 69.9 Å². The van der Waals surface area contributed by atoms with Crippen molar-refractivity contribution in [3.05, 3.63) is 33.4 Å². The van der Waals surface area contributed by atoms with Gasteiger partial charge in [-0.3, -0.25) is 4.31 Å². The highest BCUT2D eigenvalue weighted by atomic mass is 35.5. The van der Waals surface area contributed by atoms with Gasteiger partial charge < -0.3 is 0 Å². The van der Waals surface area contributed by atoms with E-state index in [9.17, 15) is 31.6 Å². The van der Waals surface area contributed by atoms with Gasteiger partial charge in [-0.05, 0) is 42.8 Å². The summed E-state index contributed by atoms with van der Waals surface area (Å²) in [4.78, 5) is -0.507. The van der Waals surface area contributed by atoms with Crippen LogP contribution in [0.5, 0.6) is 0 Å². The molecule has 0 aliphatic heterocycles. The maximum absolute atomic E-state index is 13.1. The molecule has 0 saturated carbocycles. The number of rotatable bonds is 4. The summed E-state index contributed by atoms with van der Waals surface area (Å²) in [6.07, 6.45) is -3.26. The Bertz CT molecular complexity index is 1010. The molecule has 0 bridgehead atoms. The first-order valence-electron chi connectivity index (χ1n) is 7.41. The Balaban J connectivity index is 2.90. The third kappa shape index (κ3) is 5.28. The lowest BCUT2D eigenvalue weighted by molar-refractivity contribution is -0.137. The number of thiocarbonyl (C=S) groups is 1. The molecule has 0 spiro atoms. The zero-order valence-electron chi connectivity index (χ0n) is 14.7. The van der Waals surface area contributed by atoms with Gasteiger partial charge in [0.05, 0.1) is 25.5 Å². The van der Waals surface area contributed by atoms with Gasteiger partial charge in [0, 0.05) is 6.26 Å². The van der Waals surface area contributed by atoms with Gasteiger partial charge >= 0.3 is 11.7 Å². The topological polar surface area (TPSA) is 44.9 Å². The minimum absolute atomic E-state index is 0.0938. The minimum atomic E-state index is -4.79. The van der Waals surface area contributed by atoms with E-state index in [1.807, 2.05) is 0 Å². The minimum Gasteiger partial charge on any atom is -0.261 e. The molecule has 2 aromatic rings. The van der Waals surface area contributed by atoms with Crippen LogP contribution < -0.4 is 4.31 Å². The van der Waals surface area contributed by atoms with E-state index in [1.54, 1.807) is 6.07 Å². The second kappa shape index (κ2) is 9.04. The molecule has 1 aromatic heterocycles. The second-order valence-corrected chi connectivity index (χ2v) is 8.57. The quantitative estimate of drug-likeness (QED) is 0.184. The molecule has 30 heavy (non-hydrogen) atoms. The molecule has 0 saturated heterocycles. The molecule has 0 aliphatic rings. The number of nitriles is 1. The molecule has 0 radical (unpaired) electrons. The number of hydrogen-bond donors (Lipinski definition) is 0. The zero-order valence-corrected chi connectivity index (χ0v) is 18.7. The fraction of sp³-hybridized carbons (Fsp3) is 0.267. The summed E-state index contributed by atoms with van der Waals surface area (Å²) in [7, 11) is 0. The highest BCUT2D eigenvalue weighted by molar-refractivity contribution is 8.02. The van der Waals surface area contributed by atoms with Gasteiger partial charge in [-0.15, -0.1) is 0 Å². The molecule has 4 nitrogen and oxygen atoms in total. The molecule has 0 fully saturated rings. The summed E-state index contributed by atoms with van der Waals surface area (Å²) in [6, 6.07) is 2.66. The molecule has 15 heteroatoms. The number of halogens is 8. The fourth-order valence-electron chi connectivity index (χ4n) is 2.31. The third-order valence-electron chi connectivity index (χ3n) is 3.36.